The van der Waals surface area contributed by atoms with E-state index in [9.17, 15) is 14.4 Å². The molecule has 1 N–H and O–H groups in total. The molecule has 3 amide bonds. The Labute approximate surface area is 177 Å². The Hall–Kier alpha value is -2.42. The molecule has 3 aliphatic heterocycles. The number of likely N-dealkylation sites (N-methyl/N-ethyl adjacent to an activating group) is 1. The van der Waals surface area contributed by atoms with Crippen LogP contribution in [0.5, 0.6) is 0 Å². The van der Waals surface area contributed by atoms with Gasteiger partial charge in [-0.25, -0.2) is 0 Å². The van der Waals surface area contributed by atoms with E-state index in [-0.39, 0.29) is 36.2 Å². The van der Waals surface area contributed by atoms with Gasteiger partial charge in [0.05, 0.1) is 17.9 Å². The van der Waals surface area contributed by atoms with Gasteiger partial charge in [-0.05, 0) is 32.1 Å². The van der Waals surface area contributed by atoms with E-state index in [1.165, 1.54) is 0 Å². The predicted molar refractivity (Wildman–Crippen MR) is 112 cm³/mol. The van der Waals surface area contributed by atoms with Crippen LogP contribution in [0.2, 0.25) is 0 Å². The van der Waals surface area contributed by atoms with Gasteiger partial charge in [0.1, 0.15) is 6.04 Å². The first-order valence-corrected chi connectivity index (χ1v) is 10.8. The fraction of sp³-hybridized carbons (Fsp3) is 0.714. The number of fused-ring (bicyclic) bond motifs is 4. The standard InChI is InChI=1S/C21H32N6O3/c1-13-16(11-25(4)23-13)22-18(28)12-26-9-14-8-15(10-26)20(21(30)24(2)3)27-17(14)6-5-7-19(27)29/h11,14-15,17,20H,5-10,12H2,1-4H3,(H,22,28)/t14-,15+,17+,20-/m1/s1. The number of aryl methyl sites for hydroxylation is 2. The summed E-state index contributed by atoms with van der Waals surface area (Å²) in [6, 6.07) is -0.316. The summed E-state index contributed by atoms with van der Waals surface area (Å²) in [5.41, 5.74) is 1.51. The Kier molecular flexibility index (Phi) is 5.57. The van der Waals surface area contributed by atoms with Gasteiger partial charge in [0.25, 0.3) is 0 Å². The molecule has 4 heterocycles. The smallest absolute Gasteiger partial charge is 0.245 e. The van der Waals surface area contributed by atoms with Crippen LogP contribution in [0.1, 0.15) is 31.4 Å². The summed E-state index contributed by atoms with van der Waals surface area (Å²) in [6.45, 7) is 3.59. The number of piperidine rings is 3. The summed E-state index contributed by atoms with van der Waals surface area (Å²) < 4.78 is 1.68. The van der Waals surface area contributed by atoms with E-state index in [1.807, 2.05) is 18.9 Å². The number of carbonyl (C=O) groups is 3. The summed E-state index contributed by atoms with van der Waals surface area (Å²) in [5, 5.41) is 7.22. The molecule has 3 fully saturated rings. The van der Waals surface area contributed by atoms with E-state index in [1.54, 1.807) is 29.9 Å². The number of rotatable bonds is 4. The largest absolute Gasteiger partial charge is 0.347 e. The third-order valence-electron chi connectivity index (χ3n) is 6.77. The number of likely N-dealkylation sites (tertiary alicyclic amines) is 1. The van der Waals surface area contributed by atoms with Crippen LogP contribution in [0.3, 0.4) is 0 Å². The summed E-state index contributed by atoms with van der Waals surface area (Å²) >= 11 is 0. The summed E-state index contributed by atoms with van der Waals surface area (Å²) in [5.74, 6) is 0.408. The minimum Gasteiger partial charge on any atom is -0.347 e. The highest BCUT2D eigenvalue weighted by molar-refractivity contribution is 5.92. The van der Waals surface area contributed by atoms with Gasteiger partial charge in [0.15, 0.2) is 0 Å². The molecule has 3 saturated heterocycles. The van der Waals surface area contributed by atoms with E-state index in [4.69, 9.17) is 0 Å². The van der Waals surface area contributed by atoms with Crippen LogP contribution in [0.4, 0.5) is 5.69 Å². The molecule has 0 aliphatic carbocycles. The molecule has 0 radical (unpaired) electrons. The molecule has 0 spiro atoms. The van der Waals surface area contributed by atoms with Gasteiger partial charge < -0.3 is 15.1 Å². The van der Waals surface area contributed by atoms with Gasteiger partial charge in [-0.1, -0.05) is 0 Å². The van der Waals surface area contributed by atoms with Crippen molar-refractivity contribution in [3.8, 4) is 0 Å². The molecule has 3 aliphatic rings. The van der Waals surface area contributed by atoms with Gasteiger partial charge in [0.2, 0.25) is 17.7 Å². The zero-order valence-electron chi connectivity index (χ0n) is 18.3. The van der Waals surface area contributed by atoms with E-state index < -0.39 is 6.04 Å². The summed E-state index contributed by atoms with van der Waals surface area (Å²) in [4.78, 5) is 44.1. The SMILES string of the molecule is Cc1nn(C)cc1NC(=O)CN1C[C@H]2C[C@@H](C1)[C@H](C(=O)N(C)C)N1C(=O)CCC[C@@H]21. The molecule has 0 unspecified atom stereocenters. The van der Waals surface area contributed by atoms with Crippen molar-refractivity contribution in [1.82, 2.24) is 24.5 Å². The van der Waals surface area contributed by atoms with Crippen LogP contribution in [0.25, 0.3) is 0 Å². The number of nitrogens with zero attached hydrogens (tertiary/aromatic N) is 5. The van der Waals surface area contributed by atoms with E-state index in [2.05, 4.69) is 15.3 Å². The van der Waals surface area contributed by atoms with Crippen molar-refractivity contribution >= 4 is 23.4 Å². The van der Waals surface area contributed by atoms with Crippen molar-refractivity contribution in [2.45, 2.75) is 44.7 Å². The van der Waals surface area contributed by atoms with Crippen molar-refractivity contribution in [2.24, 2.45) is 18.9 Å². The van der Waals surface area contributed by atoms with Gasteiger partial charge in [-0.3, -0.25) is 24.0 Å². The molecule has 9 nitrogen and oxygen atoms in total. The fourth-order valence-corrected chi connectivity index (χ4v) is 5.58. The Morgan fingerprint density at radius 3 is 2.67 bits per heavy atom. The highest BCUT2D eigenvalue weighted by atomic mass is 16.2. The molecule has 30 heavy (non-hydrogen) atoms. The minimum absolute atomic E-state index is 0.00372. The number of hydrogen-bond acceptors (Lipinski definition) is 5. The van der Waals surface area contributed by atoms with Crippen molar-refractivity contribution in [3.05, 3.63) is 11.9 Å². The lowest BCUT2D eigenvalue weighted by atomic mass is 9.71. The lowest BCUT2D eigenvalue weighted by Gasteiger charge is -2.56. The average molecular weight is 417 g/mol. The van der Waals surface area contributed by atoms with Crippen LogP contribution in [-0.2, 0) is 21.4 Å². The second-order valence-corrected chi connectivity index (χ2v) is 9.24. The van der Waals surface area contributed by atoms with Gasteiger partial charge in [-0.15, -0.1) is 0 Å². The van der Waals surface area contributed by atoms with E-state index in [0.717, 1.165) is 37.2 Å². The quantitative estimate of drug-likeness (QED) is 0.770. The Balaban J connectivity index is 1.50. The minimum atomic E-state index is -0.416. The number of aromatic nitrogens is 2. The number of carbonyl (C=O) groups excluding carboxylic acids is 3. The Morgan fingerprint density at radius 1 is 1.27 bits per heavy atom. The predicted octanol–water partition coefficient (Wildman–Crippen LogP) is 0.457. The molecule has 0 saturated carbocycles. The van der Waals surface area contributed by atoms with Crippen molar-refractivity contribution < 1.29 is 14.4 Å². The monoisotopic (exact) mass is 416 g/mol. The maximum atomic E-state index is 13.0. The molecule has 1 aromatic heterocycles. The average Bonchev–Trinajstić information content (AvgIpc) is 2.98. The number of hydrogen-bond donors (Lipinski definition) is 1. The van der Waals surface area contributed by atoms with Crippen LogP contribution < -0.4 is 5.32 Å². The van der Waals surface area contributed by atoms with Crippen molar-refractivity contribution in [1.29, 1.82) is 0 Å². The Morgan fingerprint density at radius 2 is 2.00 bits per heavy atom. The third-order valence-corrected chi connectivity index (χ3v) is 6.77. The first-order chi connectivity index (χ1) is 14.2. The van der Waals surface area contributed by atoms with E-state index in [0.29, 0.717) is 18.9 Å². The normalized spacial score (nSPS) is 28.8. The molecule has 4 atom stereocenters. The first kappa shape index (κ1) is 20.8. The highest BCUT2D eigenvalue weighted by Crippen LogP contribution is 2.42. The maximum absolute atomic E-state index is 13.0. The zero-order valence-corrected chi connectivity index (χ0v) is 18.3. The van der Waals surface area contributed by atoms with Gasteiger partial charge in [-0.2, -0.15) is 5.10 Å². The second kappa shape index (κ2) is 8.02. The van der Waals surface area contributed by atoms with Crippen LogP contribution in [0, 0.1) is 18.8 Å². The van der Waals surface area contributed by atoms with Gasteiger partial charge >= 0.3 is 0 Å². The first-order valence-electron chi connectivity index (χ1n) is 10.8. The third kappa shape index (κ3) is 3.82. The zero-order chi connectivity index (χ0) is 21.6. The topological polar surface area (TPSA) is 90.8 Å². The van der Waals surface area contributed by atoms with Crippen LogP contribution in [0.15, 0.2) is 6.20 Å². The summed E-state index contributed by atoms with van der Waals surface area (Å²) in [6.07, 6.45) is 5.10. The van der Waals surface area contributed by atoms with Gasteiger partial charge in [0, 0.05) is 58.8 Å². The van der Waals surface area contributed by atoms with Crippen LogP contribution in [-0.4, -0.2) is 88.0 Å². The maximum Gasteiger partial charge on any atom is 0.245 e. The number of nitrogens with one attached hydrogen (secondary N) is 1. The fourth-order valence-electron chi connectivity index (χ4n) is 5.58. The highest BCUT2D eigenvalue weighted by Gasteiger charge is 2.52. The second-order valence-electron chi connectivity index (χ2n) is 9.24. The molecule has 4 rings (SSSR count). The number of anilines is 1. The molecule has 2 bridgehead atoms. The van der Waals surface area contributed by atoms with E-state index >= 15 is 0 Å². The lowest BCUT2D eigenvalue weighted by molar-refractivity contribution is -0.164. The Bertz CT molecular complexity index is 850. The van der Waals surface area contributed by atoms with Crippen molar-refractivity contribution in [2.75, 3.05) is 39.0 Å². The van der Waals surface area contributed by atoms with Crippen molar-refractivity contribution in [3.63, 3.8) is 0 Å². The lowest BCUT2D eigenvalue weighted by Crippen LogP contribution is -2.68. The molecule has 0 aromatic carbocycles. The molecule has 164 valence electrons. The number of amides is 3. The van der Waals surface area contributed by atoms with Crippen LogP contribution >= 0.6 is 0 Å². The molecule has 9 heteroatoms. The molecule has 1 aromatic rings. The molecular formula is C21H32N6O3. The molecular weight excluding hydrogens is 384 g/mol. The summed E-state index contributed by atoms with van der Waals surface area (Å²) in [7, 11) is 5.33.